The lowest BCUT2D eigenvalue weighted by molar-refractivity contribution is -0.117. The maximum Gasteiger partial charge on any atom is 0.261 e. The van der Waals surface area contributed by atoms with Crippen LogP contribution in [-0.4, -0.2) is 25.5 Å². The summed E-state index contributed by atoms with van der Waals surface area (Å²) in [7, 11) is -3.70. The first-order chi connectivity index (χ1) is 13.2. The van der Waals surface area contributed by atoms with E-state index in [4.69, 9.17) is 0 Å². The molecule has 2 aromatic rings. The molecule has 0 fully saturated rings. The fourth-order valence-corrected chi connectivity index (χ4v) is 4.08. The number of aliphatic imine (C=N–C) groups is 1. The number of rotatable bonds is 5. The van der Waals surface area contributed by atoms with Crippen LogP contribution < -0.4 is 4.72 Å². The average Bonchev–Trinajstić information content (AvgIpc) is 2.61. The molecule has 0 amide bonds. The third-order valence-electron chi connectivity index (χ3n) is 4.41. The quantitative estimate of drug-likeness (QED) is 0.730. The van der Waals surface area contributed by atoms with Crippen LogP contribution in [-0.2, 0) is 14.8 Å². The summed E-state index contributed by atoms with van der Waals surface area (Å²) in [6, 6.07) is 14.6. The minimum atomic E-state index is -3.70. The van der Waals surface area contributed by atoms with Crippen LogP contribution in [0, 0.1) is 5.41 Å². The lowest BCUT2D eigenvalue weighted by atomic mass is 9.77. The molecular formula is C21H22N2O4S. The fraction of sp³-hybridized carbons (Fsp3) is 0.238. The van der Waals surface area contributed by atoms with Gasteiger partial charge in [0, 0.05) is 24.7 Å². The SMILES string of the molecule is CC1(C)CC(=O)C(C=Nc2ccc(S(=O)(=O)Nc3ccccc3)cc2)=C(O)C1. The molecule has 146 valence electrons. The van der Waals surface area contributed by atoms with E-state index in [-0.39, 0.29) is 27.4 Å². The van der Waals surface area contributed by atoms with Crippen LogP contribution in [0.15, 0.2) is 75.8 Å². The number of ketones is 1. The van der Waals surface area contributed by atoms with Gasteiger partial charge >= 0.3 is 0 Å². The largest absolute Gasteiger partial charge is 0.511 e. The van der Waals surface area contributed by atoms with Crippen molar-refractivity contribution in [3.63, 3.8) is 0 Å². The number of Topliss-reactive ketones (excluding diaryl/α,β-unsaturated/α-hetero) is 1. The molecular weight excluding hydrogens is 376 g/mol. The number of aliphatic hydroxyl groups is 1. The van der Waals surface area contributed by atoms with E-state index in [9.17, 15) is 18.3 Å². The standard InChI is InChI=1S/C21H22N2O4S/c1-21(2)12-19(24)18(20(25)13-21)14-22-15-8-10-17(11-9-15)28(26,27)23-16-6-4-3-5-7-16/h3-11,14,23-24H,12-13H2,1-2H3. The Morgan fingerprint density at radius 2 is 1.68 bits per heavy atom. The van der Waals surface area contributed by atoms with Gasteiger partial charge in [0.05, 0.1) is 16.2 Å². The van der Waals surface area contributed by atoms with Crippen molar-refractivity contribution in [1.82, 2.24) is 0 Å². The zero-order valence-corrected chi connectivity index (χ0v) is 16.5. The zero-order valence-electron chi connectivity index (χ0n) is 15.7. The third kappa shape index (κ3) is 4.67. The molecule has 0 heterocycles. The van der Waals surface area contributed by atoms with Crippen molar-refractivity contribution in [2.75, 3.05) is 4.72 Å². The molecule has 0 spiro atoms. The van der Waals surface area contributed by atoms with Crippen molar-refractivity contribution in [2.45, 2.75) is 31.6 Å². The maximum absolute atomic E-state index is 12.4. The number of nitrogens with zero attached hydrogens (tertiary/aromatic N) is 1. The molecule has 2 N–H and O–H groups in total. The van der Waals surface area contributed by atoms with Gasteiger partial charge < -0.3 is 5.11 Å². The van der Waals surface area contributed by atoms with E-state index >= 15 is 0 Å². The number of hydrogen-bond acceptors (Lipinski definition) is 5. The number of nitrogens with one attached hydrogen (secondary N) is 1. The van der Waals surface area contributed by atoms with Crippen LogP contribution in [0.1, 0.15) is 26.7 Å². The summed E-state index contributed by atoms with van der Waals surface area (Å²) >= 11 is 0. The number of anilines is 1. The van der Waals surface area contributed by atoms with Crippen LogP contribution in [0.2, 0.25) is 0 Å². The van der Waals surface area contributed by atoms with Crippen molar-refractivity contribution in [3.8, 4) is 0 Å². The summed E-state index contributed by atoms with van der Waals surface area (Å²) in [5.74, 6) is -0.111. The second-order valence-corrected chi connectivity index (χ2v) is 9.21. The molecule has 2 aromatic carbocycles. The number of sulfonamides is 1. The molecule has 6 nitrogen and oxygen atoms in total. The highest BCUT2D eigenvalue weighted by atomic mass is 32.2. The van der Waals surface area contributed by atoms with Crippen LogP contribution in [0.3, 0.4) is 0 Å². The van der Waals surface area contributed by atoms with Gasteiger partial charge in [0.25, 0.3) is 10.0 Å². The molecule has 3 rings (SSSR count). The summed E-state index contributed by atoms with van der Waals surface area (Å²) in [4.78, 5) is 16.5. The van der Waals surface area contributed by atoms with Crippen LogP contribution >= 0.6 is 0 Å². The Morgan fingerprint density at radius 3 is 2.29 bits per heavy atom. The van der Waals surface area contributed by atoms with E-state index in [0.717, 1.165) is 0 Å². The summed E-state index contributed by atoms with van der Waals surface area (Å²) < 4.78 is 27.4. The Kier molecular flexibility index (Phi) is 5.38. The monoisotopic (exact) mass is 398 g/mol. The van der Waals surface area contributed by atoms with Gasteiger partial charge in [-0.1, -0.05) is 32.0 Å². The molecule has 0 aromatic heterocycles. The molecule has 1 aliphatic rings. The van der Waals surface area contributed by atoms with Crippen molar-refractivity contribution in [2.24, 2.45) is 10.4 Å². The number of para-hydroxylation sites is 1. The molecule has 0 saturated carbocycles. The van der Waals surface area contributed by atoms with Crippen LogP contribution in [0.4, 0.5) is 11.4 Å². The van der Waals surface area contributed by atoms with E-state index in [1.165, 1.54) is 18.3 Å². The molecule has 1 aliphatic carbocycles. The Morgan fingerprint density at radius 1 is 1.04 bits per heavy atom. The van der Waals surface area contributed by atoms with Crippen molar-refractivity contribution < 1.29 is 18.3 Å². The molecule has 0 radical (unpaired) electrons. The molecule has 0 saturated heterocycles. The zero-order chi connectivity index (χ0) is 20.4. The number of carbonyl (C=O) groups is 1. The summed E-state index contributed by atoms with van der Waals surface area (Å²) in [6.07, 6.45) is 2.11. The highest BCUT2D eigenvalue weighted by Gasteiger charge is 2.32. The molecule has 7 heteroatoms. The smallest absolute Gasteiger partial charge is 0.261 e. The Hall–Kier alpha value is -2.93. The summed E-state index contributed by atoms with van der Waals surface area (Å²) in [5, 5.41) is 10.1. The minimum absolute atomic E-state index is 0.0382. The predicted octanol–water partition coefficient (Wildman–Crippen LogP) is 4.39. The van der Waals surface area contributed by atoms with Gasteiger partial charge in [-0.2, -0.15) is 0 Å². The first kappa shape index (κ1) is 19.8. The molecule has 0 bridgehead atoms. The van der Waals surface area contributed by atoms with E-state index < -0.39 is 10.0 Å². The average molecular weight is 398 g/mol. The van der Waals surface area contributed by atoms with Gasteiger partial charge in [0.15, 0.2) is 5.78 Å². The van der Waals surface area contributed by atoms with Crippen LogP contribution in [0.5, 0.6) is 0 Å². The highest BCUT2D eigenvalue weighted by Crippen LogP contribution is 2.35. The second-order valence-electron chi connectivity index (χ2n) is 7.52. The van der Waals surface area contributed by atoms with Crippen molar-refractivity contribution in [3.05, 3.63) is 65.9 Å². The van der Waals surface area contributed by atoms with E-state index in [1.54, 1.807) is 42.5 Å². The van der Waals surface area contributed by atoms with Crippen molar-refractivity contribution in [1.29, 1.82) is 0 Å². The molecule has 0 atom stereocenters. The second kappa shape index (κ2) is 7.59. The van der Waals surface area contributed by atoms with E-state index in [2.05, 4.69) is 9.71 Å². The fourth-order valence-electron chi connectivity index (χ4n) is 3.02. The van der Waals surface area contributed by atoms with Crippen molar-refractivity contribution >= 4 is 33.4 Å². The Bertz CT molecular complexity index is 1040. The summed E-state index contributed by atoms with van der Waals surface area (Å²) in [6.45, 7) is 3.86. The van der Waals surface area contributed by atoms with Gasteiger partial charge in [-0.05, 0) is 41.8 Å². The topological polar surface area (TPSA) is 95.8 Å². The molecule has 0 aliphatic heterocycles. The summed E-state index contributed by atoms with van der Waals surface area (Å²) in [5.41, 5.74) is 0.907. The van der Waals surface area contributed by atoms with Gasteiger partial charge in [-0.25, -0.2) is 8.42 Å². The maximum atomic E-state index is 12.4. The van der Waals surface area contributed by atoms with Gasteiger partial charge in [-0.15, -0.1) is 0 Å². The first-order valence-corrected chi connectivity index (χ1v) is 10.3. The normalized spacial score (nSPS) is 17.1. The number of allylic oxidation sites excluding steroid dienone is 2. The Labute approximate surface area is 164 Å². The number of hydrogen-bond donors (Lipinski definition) is 2. The van der Waals surface area contributed by atoms with Gasteiger partial charge in [0.1, 0.15) is 5.76 Å². The Balaban J connectivity index is 1.76. The molecule has 0 unspecified atom stereocenters. The lowest BCUT2D eigenvalue weighted by Crippen LogP contribution is -2.26. The first-order valence-electron chi connectivity index (χ1n) is 8.84. The predicted molar refractivity (Wildman–Crippen MR) is 110 cm³/mol. The number of carbonyl (C=O) groups excluding carboxylic acids is 1. The van der Waals surface area contributed by atoms with Gasteiger partial charge in [0.2, 0.25) is 0 Å². The number of benzene rings is 2. The van der Waals surface area contributed by atoms with Crippen LogP contribution in [0.25, 0.3) is 0 Å². The lowest BCUT2D eigenvalue weighted by Gasteiger charge is -2.28. The highest BCUT2D eigenvalue weighted by molar-refractivity contribution is 7.92. The van der Waals surface area contributed by atoms with E-state index in [1.807, 2.05) is 13.8 Å². The number of aliphatic hydroxyl groups excluding tert-OH is 1. The molecule has 28 heavy (non-hydrogen) atoms. The van der Waals surface area contributed by atoms with Gasteiger partial charge in [-0.3, -0.25) is 14.5 Å². The minimum Gasteiger partial charge on any atom is -0.511 e. The van der Waals surface area contributed by atoms with E-state index in [0.29, 0.717) is 24.2 Å². The third-order valence-corrected chi connectivity index (χ3v) is 5.81.